The van der Waals surface area contributed by atoms with Gasteiger partial charge < -0.3 is 0 Å². The zero-order valence-electron chi connectivity index (χ0n) is 12.8. The monoisotopic (exact) mass is 365 g/mol. The van der Waals surface area contributed by atoms with Gasteiger partial charge in [-0.3, -0.25) is 10.1 Å². The van der Waals surface area contributed by atoms with Gasteiger partial charge in [0.15, 0.2) is 23.3 Å². The number of halogens is 5. The van der Waals surface area contributed by atoms with Crippen molar-refractivity contribution in [2.24, 2.45) is 0 Å². The van der Waals surface area contributed by atoms with Gasteiger partial charge in [0.25, 0.3) is 5.69 Å². The highest BCUT2D eigenvalue weighted by Crippen LogP contribution is 2.41. The maximum Gasteiger partial charge on any atom is 0.285 e. The van der Waals surface area contributed by atoms with Crippen LogP contribution in [-0.4, -0.2) is 4.92 Å². The molecule has 0 radical (unpaired) electrons. The summed E-state index contributed by atoms with van der Waals surface area (Å²) in [6.45, 7) is 0. The van der Waals surface area contributed by atoms with Gasteiger partial charge in [0.2, 0.25) is 5.82 Å². The number of benzene rings is 3. The van der Waals surface area contributed by atoms with Gasteiger partial charge in [-0.05, 0) is 17.7 Å². The second-order valence-corrected chi connectivity index (χ2v) is 5.27. The summed E-state index contributed by atoms with van der Waals surface area (Å²) in [6, 6.07) is 11.4. The van der Waals surface area contributed by atoms with Crippen LogP contribution in [0.15, 0.2) is 48.5 Å². The van der Waals surface area contributed by atoms with Crippen LogP contribution in [0.5, 0.6) is 0 Å². The summed E-state index contributed by atoms with van der Waals surface area (Å²) in [7, 11) is 0. The van der Waals surface area contributed by atoms with Crippen molar-refractivity contribution in [1.29, 1.82) is 0 Å². The third kappa shape index (κ3) is 2.69. The van der Waals surface area contributed by atoms with Crippen LogP contribution in [0.25, 0.3) is 22.3 Å². The van der Waals surface area contributed by atoms with E-state index in [-0.39, 0.29) is 5.56 Å². The molecule has 0 aliphatic heterocycles. The highest BCUT2D eigenvalue weighted by atomic mass is 19.2. The van der Waals surface area contributed by atoms with Crippen molar-refractivity contribution >= 4 is 5.69 Å². The molecule has 0 N–H and O–H groups in total. The molecular formula is C18H8F5NO2. The first kappa shape index (κ1) is 17.5. The number of nitrogens with zero attached hydrogens (tertiary/aromatic N) is 1. The highest BCUT2D eigenvalue weighted by molar-refractivity contribution is 5.86. The number of hydrogen-bond donors (Lipinski definition) is 0. The van der Waals surface area contributed by atoms with Crippen LogP contribution in [-0.2, 0) is 0 Å². The van der Waals surface area contributed by atoms with E-state index >= 15 is 0 Å². The van der Waals surface area contributed by atoms with Crippen LogP contribution in [0.2, 0.25) is 0 Å². The quantitative estimate of drug-likeness (QED) is 0.199. The van der Waals surface area contributed by atoms with Gasteiger partial charge in [-0.25, -0.2) is 22.0 Å². The first-order chi connectivity index (χ1) is 12.3. The van der Waals surface area contributed by atoms with Crippen molar-refractivity contribution in [1.82, 2.24) is 0 Å². The predicted octanol–water partition coefficient (Wildman–Crippen LogP) is 5.62. The predicted molar refractivity (Wildman–Crippen MR) is 83.8 cm³/mol. The molecule has 26 heavy (non-hydrogen) atoms. The molecule has 3 aromatic carbocycles. The number of rotatable bonds is 3. The third-order valence-corrected chi connectivity index (χ3v) is 3.78. The van der Waals surface area contributed by atoms with Crippen molar-refractivity contribution in [2.45, 2.75) is 0 Å². The van der Waals surface area contributed by atoms with Gasteiger partial charge in [0.1, 0.15) is 0 Å². The molecular weight excluding hydrogens is 357 g/mol. The Morgan fingerprint density at radius 1 is 0.654 bits per heavy atom. The molecule has 132 valence electrons. The van der Waals surface area contributed by atoms with Crippen LogP contribution in [0, 0.1) is 39.2 Å². The Kier molecular flexibility index (Phi) is 4.41. The zero-order chi connectivity index (χ0) is 19.0. The molecule has 3 aromatic rings. The Labute approximate surface area is 143 Å². The van der Waals surface area contributed by atoms with Crippen LogP contribution in [0.4, 0.5) is 27.6 Å². The SMILES string of the molecule is O=[N+]([O-])c1c(-c2ccccc2)cccc1-c1c(F)c(F)c(F)c(F)c1F. The van der Waals surface area contributed by atoms with Gasteiger partial charge in [-0.15, -0.1) is 0 Å². The summed E-state index contributed by atoms with van der Waals surface area (Å²) in [5, 5.41) is 11.5. The lowest BCUT2D eigenvalue weighted by Gasteiger charge is -2.11. The van der Waals surface area contributed by atoms with Crippen molar-refractivity contribution < 1.29 is 26.9 Å². The molecule has 8 heteroatoms. The molecule has 0 heterocycles. The first-order valence-electron chi connectivity index (χ1n) is 7.19. The van der Waals surface area contributed by atoms with Crippen molar-refractivity contribution in [3.05, 3.63) is 87.7 Å². The summed E-state index contributed by atoms with van der Waals surface area (Å²) in [6.07, 6.45) is 0. The summed E-state index contributed by atoms with van der Waals surface area (Å²) >= 11 is 0. The lowest BCUT2D eigenvalue weighted by molar-refractivity contribution is -0.383. The van der Waals surface area contributed by atoms with Crippen molar-refractivity contribution in [3.63, 3.8) is 0 Å². The summed E-state index contributed by atoms with van der Waals surface area (Å²) in [5.74, 6) is -10.9. The molecule has 0 fully saturated rings. The standard InChI is InChI=1S/C18H8F5NO2/c19-13-12(14(20)16(22)17(23)15(13)21)11-8-4-7-10(18(11)24(25)26)9-5-2-1-3-6-9/h1-8H. The second-order valence-electron chi connectivity index (χ2n) is 5.27. The molecule has 3 rings (SSSR count). The van der Waals surface area contributed by atoms with E-state index in [1.165, 1.54) is 24.3 Å². The Morgan fingerprint density at radius 2 is 1.15 bits per heavy atom. The van der Waals surface area contributed by atoms with E-state index in [2.05, 4.69) is 0 Å². The highest BCUT2D eigenvalue weighted by Gasteiger charge is 2.31. The minimum Gasteiger partial charge on any atom is -0.258 e. The normalized spacial score (nSPS) is 10.8. The van der Waals surface area contributed by atoms with Crippen LogP contribution in [0.1, 0.15) is 0 Å². The first-order valence-corrected chi connectivity index (χ1v) is 7.19. The topological polar surface area (TPSA) is 43.1 Å². The van der Waals surface area contributed by atoms with Crippen LogP contribution in [0.3, 0.4) is 0 Å². The van der Waals surface area contributed by atoms with E-state index in [1.54, 1.807) is 18.2 Å². The van der Waals surface area contributed by atoms with E-state index < -0.39 is 50.8 Å². The van der Waals surface area contributed by atoms with Crippen LogP contribution >= 0.6 is 0 Å². The van der Waals surface area contributed by atoms with Crippen molar-refractivity contribution in [2.75, 3.05) is 0 Å². The van der Waals surface area contributed by atoms with Gasteiger partial charge in [-0.1, -0.05) is 36.4 Å². The summed E-state index contributed by atoms with van der Waals surface area (Å²) in [4.78, 5) is 10.6. The number of nitro benzene ring substituents is 1. The third-order valence-electron chi connectivity index (χ3n) is 3.78. The molecule has 0 bridgehead atoms. The van der Waals surface area contributed by atoms with E-state index in [1.807, 2.05) is 0 Å². The lowest BCUT2D eigenvalue weighted by atomic mass is 9.95. The Balaban J connectivity index is 2.41. The lowest BCUT2D eigenvalue weighted by Crippen LogP contribution is -2.06. The van der Waals surface area contributed by atoms with Gasteiger partial charge >= 0.3 is 0 Å². The van der Waals surface area contributed by atoms with Gasteiger partial charge in [0.05, 0.1) is 21.6 Å². The minimum absolute atomic E-state index is 0.0166. The van der Waals surface area contributed by atoms with E-state index in [0.29, 0.717) is 5.56 Å². The largest absolute Gasteiger partial charge is 0.285 e. The molecule has 0 amide bonds. The van der Waals surface area contributed by atoms with Gasteiger partial charge in [0, 0.05) is 0 Å². The fourth-order valence-electron chi connectivity index (χ4n) is 2.63. The molecule has 0 aliphatic carbocycles. The molecule has 3 nitrogen and oxygen atoms in total. The van der Waals surface area contributed by atoms with Crippen LogP contribution < -0.4 is 0 Å². The summed E-state index contributed by atoms with van der Waals surface area (Å²) < 4.78 is 68.5. The number of para-hydroxylation sites is 1. The Bertz CT molecular complexity index is 993. The molecule has 0 aliphatic rings. The van der Waals surface area contributed by atoms with E-state index in [9.17, 15) is 32.1 Å². The van der Waals surface area contributed by atoms with E-state index in [0.717, 1.165) is 6.07 Å². The Morgan fingerprint density at radius 3 is 1.69 bits per heavy atom. The molecule has 0 spiro atoms. The number of hydrogen-bond acceptors (Lipinski definition) is 2. The molecule has 0 saturated carbocycles. The smallest absolute Gasteiger partial charge is 0.258 e. The molecule has 0 saturated heterocycles. The second kappa shape index (κ2) is 6.55. The zero-order valence-corrected chi connectivity index (χ0v) is 12.8. The minimum atomic E-state index is -2.33. The Hall–Kier alpha value is -3.29. The molecule has 0 aromatic heterocycles. The maximum atomic E-state index is 14.1. The van der Waals surface area contributed by atoms with E-state index in [4.69, 9.17) is 0 Å². The average Bonchev–Trinajstić information content (AvgIpc) is 2.65. The fraction of sp³-hybridized carbons (Fsp3) is 0. The maximum absolute atomic E-state index is 14.1. The van der Waals surface area contributed by atoms with Crippen molar-refractivity contribution in [3.8, 4) is 22.3 Å². The molecule has 0 unspecified atom stereocenters. The molecule has 0 atom stereocenters. The number of nitro groups is 1. The fourth-order valence-corrected chi connectivity index (χ4v) is 2.63. The summed E-state index contributed by atoms with van der Waals surface area (Å²) in [5.41, 5.74) is -2.47. The average molecular weight is 365 g/mol. The van der Waals surface area contributed by atoms with Gasteiger partial charge in [-0.2, -0.15) is 0 Å².